The molecule has 28 heavy (non-hydrogen) atoms. The Hall–Kier alpha value is -2.82. The Kier molecular flexibility index (Phi) is 4.84. The number of anilines is 1. The van der Waals surface area contributed by atoms with Gasteiger partial charge in [-0.1, -0.05) is 16.8 Å². The van der Waals surface area contributed by atoms with Gasteiger partial charge < -0.3 is 14.6 Å². The molecular weight excluding hydrogens is 408 g/mol. The Morgan fingerprint density at radius 3 is 2.96 bits per heavy atom. The van der Waals surface area contributed by atoms with E-state index < -0.39 is 10.8 Å². The van der Waals surface area contributed by atoms with Crippen molar-refractivity contribution in [1.82, 2.24) is 10.1 Å². The van der Waals surface area contributed by atoms with Gasteiger partial charge in [-0.05, 0) is 31.0 Å². The Morgan fingerprint density at radius 1 is 1.43 bits per heavy atom. The Bertz CT molecular complexity index is 1090. The van der Waals surface area contributed by atoms with E-state index in [4.69, 9.17) is 20.9 Å². The van der Waals surface area contributed by atoms with Crippen molar-refractivity contribution in [1.29, 1.82) is 0 Å². The normalized spacial score (nSPS) is 13.2. The predicted octanol–water partition coefficient (Wildman–Crippen LogP) is 3.99. The average molecular weight is 421 g/mol. The van der Waals surface area contributed by atoms with Gasteiger partial charge in [-0.25, -0.2) is 0 Å². The fraction of sp³-hybridized carbons (Fsp3) is 0.235. The first-order chi connectivity index (χ1) is 13.4. The minimum absolute atomic E-state index is 0.0349. The maximum atomic E-state index is 12.7. The lowest BCUT2D eigenvalue weighted by Gasteiger charge is -2.12. The number of halogens is 1. The predicted molar refractivity (Wildman–Crippen MR) is 102 cm³/mol. The van der Waals surface area contributed by atoms with Crippen molar-refractivity contribution in [3.8, 4) is 11.5 Å². The van der Waals surface area contributed by atoms with Crippen LogP contribution in [0.5, 0.6) is 0 Å². The van der Waals surface area contributed by atoms with E-state index in [0.717, 1.165) is 16.5 Å². The minimum atomic E-state index is -0.632. The lowest BCUT2D eigenvalue weighted by atomic mass is 10.1. The molecule has 1 amide bonds. The van der Waals surface area contributed by atoms with Crippen molar-refractivity contribution in [3.63, 3.8) is 0 Å². The highest BCUT2D eigenvalue weighted by Crippen LogP contribution is 2.42. The lowest BCUT2D eigenvalue weighted by molar-refractivity contribution is -0.384. The monoisotopic (exact) mass is 420 g/mol. The molecular formula is C17H13ClN4O5S. The van der Waals surface area contributed by atoms with Gasteiger partial charge in [-0.3, -0.25) is 14.9 Å². The van der Waals surface area contributed by atoms with Crippen molar-refractivity contribution in [2.45, 2.75) is 20.0 Å². The molecule has 1 N–H and O–H groups in total. The van der Waals surface area contributed by atoms with E-state index in [-0.39, 0.29) is 16.3 Å². The van der Waals surface area contributed by atoms with Gasteiger partial charge in [0.15, 0.2) is 5.82 Å². The number of aryl methyl sites for hydroxylation is 1. The Labute approximate surface area is 167 Å². The second kappa shape index (κ2) is 7.30. The van der Waals surface area contributed by atoms with Crippen LogP contribution < -0.4 is 5.32 Å². The number of amides is 1. The number of carbonyl (C=O) groups is 1. The molecule has 3 heterocycles. The van der Waals surface area contributed by atoms with Gasteiger partial charge >= 0.3 is 0 Å². The number of hydrogen-bond donors (Lipinski definition) is 1. The number of nitrogens with one attached hydrogen (secondary N) is 1. The Balaban J connectivity index is 1.72. The molecule has 0 saturated carbocycles. The molecule has 0 radical (unpaired) electrons. The van der Waals surface area contributed by atoms with Crippen LogP contribution in [0.4, 0.5) is 10.7 Å². The summed E-state index contributed by atoms with van der Waals surface area (Å²) in [5.41, 5.74) is 1.45. The summed E-state index contributed by atoms with van der Waals surface area (Å²) in [6, 6.07) is 3.90. The van der Waals surface area contributed by atoms with Gasteiger partial charge in [0, 0.05) is 16.5 Å². The van der Waals surface area contributed by atoms with Gasteiger partial charge in [-0.15, -0.1) is 11.3 Å². The second-order valence-corrected chi connectivity index (χ2v) is 7.55. The highest BCUT2D eigenvalue weighted by molar-refractivity contribution is 7.17. The number of aromatic nitrogens is 2. The molecule has 4 rings (SSSR count). The zero-order valence-corrected chi connectivity index (χ0v) is 16.1. The summed E-state index contributed by atoms with van der Waals surface area (Å²) in [5.74, 6) is 0.290. The molecule has 9 nitrogen and oxygen atoms in total. The van der Waals surface area contributed by atoms with E-state index in [1.807, 2.05) is 0 Å². The molecule has 0 unspecified atom stereocenters. The van der Waals surface area contributed by atoms with E-state index >= 15 is 0 Å². The summed E-state index contributed by atoms with van der Waals surface area (Å²) in [6.07, 6.45) is 0.658. The first-order valence-electron chi connectivity index (χ1n) is 8.22. The zero-order chi connectivity index (χ0) is 19.8. The molecule has 0 aliphatic carbocycles. The molecule has 2 aromatic heterocycles. The SMILES string of the molecule is Cc1noc(-c2c(NC(=O)c3ccc(Cl)c([N+](=O)[O-])c3)sc3c2CCOC3)n1. The lowest BCUT2D eigenvalue weighted by Crippen LogP contribution is -2.12. The number of fused-ring (bicyclic) bond motifs is 1. The summed E-state index contributed by atoms with van der Waals surface area (Å²) in [7, 11) is 0. The molecule has 1 aliphatic heterocycles. The van der Waals surface area contributed by atoms with Crippen molar-refractivity contribution >= 4 is 39.5 Å². The molecule has 0 fully saturated rings. The molecule has 0 atom stereocenters. The molecule has 0 bridgehead atoms. The highest BCUT2D eigenvalue weighted by Gasteiger charge is 2.27. The summed E-state index contributed by atoms with van der Waals surface area (Å²) < 4.78 is 10.8. The minimum Gasteiger partial charge on any atom is -0.376 e. The summed E-state index contributed by atoms with van der Waals surface area (Å²) in [6.45, 7) is 2.70. The first kappa shape index (κ1) is 18.5. The van der Waals surface area contributed by atoms with Gasteiger partial charge in [0.2, 0.25) is 0 Å². The van der Waals surface area contributed by atoms with Crippen LogP contribution in [0.2, 0.25) is 5.02 Å². The third-order valence-electron chi connectivity index (χ3n) is 4.19. The summed E-state index contributed by atoms with van der Waals surface area (Å²) in [4.78, 5) is 28.4. The smallest absolute Gasteiger partial charge is 0.288 e. The van der Waals surface area contributed by atoms with Crippen LogP contribution in [-0.4, -0.2) is 27.6 Å². The summed E-state index contributed by atoms with van der Waals surface area (Å²) >= 11 is 7.18. The van der Waals surface area contributed by atoms with Gasteiger partial charge in [0.05, 0.1) is 23.7 Å². The van der Waals surface area contributed by atoms with Gasteiger partial charge in [0.1, 0.15) is 10.0 Å². The molecule has 11 heteroatoms. The molecule has 1 aliphatic rings. The second-order valence-electron chi connectivity index (χ2n) is 6.03. The molecule has 1 aromatic carbocycles. The number of ether oxygens (including phenoxy) is 1. The van der Waals surface area contributed by atoms with Crippen molar-refractivity contribution < 1.29 is 19.0 Å². The largest absolute Gasteiger partial charge is 0.376 e. The number of nitro groups is 1. The number of nitrogens with zero attached hydrogens (tertiary/aromatic N) is 3. The number of nitro benzene ring substituents is 1. The van der Waals surface area contributed by atoms with E-state index in [2.05, 4.69) is 15.5 Å². The Morgan fingerprint density at radius 2 is 2.25 bits per heavy atom. The van der Waals surface area contributed by atoms with Crippen molar-refractivity contribution in [3.05, 3.63) is 55.2 Å². The molecule has 3 aromatic rings. The van der Waals surface area contributed by atoms with E-state index in [0.29, 0.717) is 41.9 Å². The van der Waals surface area contributed by atoms with Gasteiger partial charge in [-0.2, -0.15) is 4.98 Å². The van der Waals surface area contributed by atoms with Crippen molar-refractivity contribution in [2.75, 3.05) is 11.9 Å². The zero-order valence-electron chi connectivity index (χ0n) is 14.5. The number of rotatable bonds is 4. The topological polar surface area (TPSA) is 120 Å². The number of carbonyl (C=O) groups excluding carboxylic acids is 1. The van der Waals surface area contributed by atoms with Crippen LogP contribution in [0.25, 0.3) is 11.5 Å². The highest BCUT2D eigenvalue weighted by atomic mass is 35.5. The average Bonchev–Trinajstić information content (AvgIpc) is 3.24. The standard InChI is InChI=1S/C17H13ClN4O5S/c1-8-19-16(27-21-8)14-10-4-5-26-7-13(10)28-17(14)20-15(23)9-2-3-11(18)12(6-9)22(24)25/h2-3,6H,4-5,7H2,1H3,(H,20,23). The molecule has 144 valence electrons. The van der Waals surface area contributed by atoms with Crippen LogP contribution >= 0.6 is 22.9 Å². The summed E-state index contributed by atoms with van der Waals surface area (Å²) in [5, 5.41) is 18.2. The number of hydrogen-bond acceptors (Lipinski definition) is 8. The number of thiophene rings is 1. The van der Waals surface area contributed by atoms with Crippen LogP contribution in [0.3, 0.4) is 0 Å². The fourth-order valence-electron chi connectivity index (χ4n) is 2.91. The first-order valence-corrected chi connectivity index (χ1v) is 9.41. The quantitative estimate of drug-likeness (QED) is 0.500. The maximum absolute atomic E-state index is 12.7. The van der Waals surface area contributed by atoms with Gasteiger partial charge in [0.25, 0.3) is 17.5 Å². The fourth-order valence-corrected chi connectivity index (χ4v) is 4.27. The third kappa shape index (κ3) is 3.37. The van der Waals surface area contributed by atoms with Crippen molar-refractivity contribution in [2.24, 2.45) is 0 Å². The van der Waals surface area contributed by atoms with E-state index in [1.165, 1.54) is 23.5 Å². The molecule has 0 saturated heterocycles. The maximum Gasteiger partial charge on any atom is 0.288 e. The van der Waals surface area contributed by atoms with Crippen LogP contribution in [0.1, 0.15) is 26.6 Å². The van der Waals surface area contributed by atoms with E-state index in [1.54, 1.807) is 6.92 Å². The van der Waals surface area contributed by atoms with Crippen LogP contribution in [-0.2, 0) is 17.8 Å². The number of benzene rings is 1. The van der Waals surface area contributed by atoms with E-state index in [9.17, 15) is 14.9 Å². The van der Waals surface area contributed by atoms with Crippen LogP contribution in [0, 0.1) is 17.0 Å². The third-order valence-corrected chi connectivity index (χ3v) is 5.63. The van der Waals surface area contributed by atoms with Crippen LogP contribution in [0.15, 0.2) is 22.7 Å². The molecule has 0 spiro atoms.